The highest BCUT2D eigenvalue weighted by atomic mass is 19.1. The maximum atomic E-state index is 13.5. The number of anilines is 1. The number of carbonyl (C=O) groups excluding carboxylic acids is 1. The predicted octanol–water partition coefficient (Wildman–Crippen LogP) is 2.20. The van der Waals surface area contributed by atoms with E-state index in [2.05, 4.69) is 4.98 Å². The number of carbonyl (C=O) groups is 1. The summed E-state index contributed by atoms with van der Waals surface area (Å²) in [6.07, 6.45) is 2.56. The Morgan fingerprint density at radius 3 is 2.72 bits per heavy atom. The Morgan fingerprint density at radius 2 is 2.06 bits per heavy atom. The summed E-state index contributed by atoms with van der Waals surface area (Å²) in [6.45, 7) is 0. The van der Waals surface area contributed by atoms with Crippen molar-refractivity contribution < 1.29 is 14.3 Å². The van der Waals surface area contributed by atoms with E-state index in [4.69, 9.17) is 0 Å². The zero-order valence-corrected chi connectivity index (χ0v) is 9.67. The van der Waals surface area contributed by atoms with E-state index in [1.165, 1.54) is 37.6 Å². The molecule has 1 aromatic heterocycles. The molecule has 0 aliphatic heterocycles. The van der Waals surface area contributed by atoms with Crippen LogP contribution in [0.4, 0.5) is 10.1 Å². The maximum absolute atomic E-state index is 13.5. The smallest absolute Gasteiger partial charge is 0.261 e. The summed E-state index contributed by atoms with van der Waals surface area (Å²) in [5, 5.41) is 9.54. The third kappa shape index (κ3) is 2.15. The molecule has 4 nitrogen and oxygen atoms in total. The molecule has 0 fully saturated rings. The van der Waals surface area contributed by atoms with Gasteiger partial charge in [-0.15, -0.1) is 0 Å². The summed E-state index contributed by atoms with van der Waals surface area (Å²) in [7, 11) is 1.45. The number of nitrogens with zero attached hydrogens (tertiary/aromatic N) is 2. The zero-order valence-electron chi connectivity index (χ0n) is 9.67. The number of hydrogen-bond donors (Lipinski definition) is 1. The lowest BCUT2D eigenvalue weighted by Gasteiger charge is -2.18. The summed E-state index contributed by atoms with van der Waals surface area (Å²) in [6, 6.07) is 7.32. The van der Waals surface area contributed by atoms with Gasteiger partial charge in [0.1, 0.15) is 11.6 Å². The van der Waals surface area contributed by atoms with Gasteiger partial charge in [-0.05, 0) is 18.2 Å². The van der Waals surface area contributed by atoms with Gasteiger partial charge in [0.2, 0.25) is 0 Å². The molecule has 0 bridgehead atoms. The summed E-state index contributed by atoms with van der Waals surface area (Å²) >= 11 is 0. The first-order chi connectivity index (χ1) is 8.61. The number of para-hydroxylation sites is 1. The lowest BCUT2D eigenvalue weighted by atomic mass is 10.2. The summed E-state index contributed by atoms with van der Waals surface area (Å²) in [5.74, 6) is -1.23. The van der Waals surface area contributed by atoms with Crippen LogP contribution in [0.1, 0.15) is 10.4 Å². The summed E-state index contributed by atoms with van der Waals surface area (Å²) in [4.78, 5) is 16.9. The number of rotatable bonds is 2. The number of amides is 1. The average molecular weight is 246 g/mol. The molecule has 2 rings (SSSR count). The van der Waals surface area contributed by atoms with Crippen LogP contribution in [0.3, 0.4) is 0 Å². The van der Waals surface area contributed by atoms with Crippen LogP contribution in [-0.4, -0.2) is 23.0 Å². The van der Waals surface area contributed by atoms with Crippen molar-refractivity contribution in [3.63, 3.8) is 0 Å². The molecule has 0 aliphatic rings. The van der Waals surface area contributed by atoms with Crippen LogP contribution in [0.25, 0.3) is 0 Å². The Labute approximate surface area is 103 Å². The first-order valence-electron chi connectivity index (χ1n) is 5.27. The number of aromatic nitrogens is 1. The Hall–Kier alpha value is -2.43. The highest BCUT2D eigenvalue weighted by molar-refractivity contribution is 6.07. The standard InChI is InChI=1S/C13H11FN2O2/c1-16(11-5-3-2-4-10(11)14)13(18)9-6-7-15-8-12(9)17/h2-8,17H,1H3. The minimum absolute atomic E-state index is 0.0794. The molecular formula is C13H11FN2O2. The van der Waals surface area contributed by atoms with Gasteiger partial charge in [0.15, 0.2) is 0 Å². The topological polar surface area (TPSA) is 53.4 Å². The zero-order chi connectivity index (χ0) is 13.1. The first kappa shape index (κ1) is 12.0. The fourth-order valence-corrected chi connectivity index (χ4v) is 1.58. The van der Waals surface area contributed by atoms with Gasteiger partial charge in [0.25, 0.3) is 5.91 Å². The van der Waals surface area contributed by atoms with Gasteiger partial charge < -0.3 is 10.0 Å². The molecule has 0 unspecified atom stereocenters. The number of benzene rings is 1. The summed E-state index contributed by atoms with van der Waals surface area (Å²) < 4.78 is 13.5. The van der Waals surface area contributed by atoms with Gasteiger partial charge in [0, 0.05) is 13.2 Å². The highest BCUT2D eigenvalue weighted by Gasteiger charge is 2.18. The molecule has 0 aliphatic carbocycles. The van der Waals surface area contributed by atoms with Crippen molar-refractivity contribution in [2.45, 2.75) is 0 Å². The fraction of sp³-hybridized carbons (Fsp3) is 0.0769. The molecule has 0 atom stereocenters. The third-order valence-corrected chi connectivity index (χ3v) is 2.55. The van der Waals surface area contributed by atoms with Crippen LogP contribution in [0.15, 0.2) is 42.7 Å². The molecule has 0 radical (unpaired) electrons. The van der Waals surface area contributed by atoms with E-state index < -0.39 is 11.7 Å². The Balaban J connectivity index is 2.36. The van der Waals surface area contributed by atoms with Crippen molar-refractivity contribution in [3.8, 4) is 5.75 Å². The van der Waals surface area contributed by atoms with Gasteiger partial charge in [-0.2, -0.15) is 0 Å². The second-order valence-corrected chi connectivity index (χ2v) is 3.71. The van der Waals surface area contributed by atoms with Crippen molar-refractivity contribution >= 4 is 11.6 Å². The van der Waals surface area contributed by atoms with E-state index in [1.807, 2.05) is 0 Å². The normalized spacial score (nSPS) is 10.1. The van der Waals surface area contributed by atoms with E-state index in [0.717, 1.165) is 4.90 Å². The van der Waals surface area contributed by atoms with Crippen LogP contribution in [-0.2, 0) is 0 Å². The van der Waals surface area contributed by atoms with Gasteiger partial charge in [-0.1, -0.05) is 12.1 Å². The fourth-order valence-electron chi connectivity index (χ4n) is 1.58. The molecule has 92 valence electrons. The van der Waals surface area contributed by atoms with E-state index in [-0.39, 0.29) is 17.0 Å². The molecule has 0 saturated heterocycles. The SMILES string of the molecule is CN(C(=O)c1ccncc1O)c1ccccc1F. The van der Waals surface area contributed by atoms with Gasteiger partial charge in [-0.25, -0.2) is 4.39 Å². The molecule has 1 heterocycles. The highest BCUT2D eigenvalue weighted by Crippen LogP contribution is 2.22. The Bertz CT molecular complexity index is 587. The van der Waals surface area contributed by atoms with Gasteiger partial charge >= 0.3 is 0 Å². The number of aromatic hydroxyl groups is 1. The molecule has 5 heteroatoms. The van der Waals surface area contributed by atoms with Crippen molar-refractivity contribution in [2.24, 2.45) is 0 Å². The number of hydrogen-bond acceptors (Lipinski definition) is 3. The maximum Gasteiger partial charge on any atom is 0.261 e. The minimum Gasteiger partial charge on any atom is -0.505 e. The third-order valence-electron chi connectivity index (χ3n) is 2.55. The van der Waals surface area contributed by atoms with E-state index in [9.17, 15) is 14.3 Å². The lowest BCUT2D eigenvalue weighted by Crippen LogP contribution is -2.27. The Kier molecular flexibility index (Phi) is 3.23. The second-order valence-electron chi connectivity index (χ2n) is 3.71. The van der Waals surface area contributed by atoms with Crippen molar-refractivity contribution in [2.75, 3.05) is 11.9 Å². The van der Waals surface area contributed by atoms with Crippen molar-refractivity contribution in [1.29, 1.82) is 0 Å². The molecule has 0 spiro atoms. The van der Waals surface area contributed by atoms with E-state index in [0.29, 0.717) is 0 Å². The molecule has 0 saturated carbocycles. The average Bonchev–Trinajstić information content (AvgIpc) is 2.38. The van der Waals surface area contributed by atoms with Crippen LogP contribution >= 0.6 is 0 Å². The minimum atomic E-state index is -0.500. The molecule has 1 amide bonds. The largest absolute Gasteiger partial charge is 0.505 e. The molecule has 1 N–H and O–H groups in total. The summed E-state index contributed by atoms with van der Waals surface area (Å²) in [5.41, 5.74) is 0.231. The lowest BCUT2D eigenvalue weighted by molar-refractivity contribution is 0.0989. The van der Waals surface area contributed by atoms with E-state index in [1.54, 1.807) is 12.1 Å². The number of pyridine rings is 1. The van der Waals surface area contributed by atoms with Crippen LogP contribution < -0.4 is 4.90 Å². The van der Waals surface area contributed by atoms with Crippen LogP contribution in [0.2, 0.25) is 0 Å². The monoisotopic (exact) mass is 246 g/mol. The number of halogens is 1. The van der Waals surface area contributed by atoms with Crippen molar-refractivity contribution in [1.82, 2.24) is 4.98 Å². The van der Waals surface area contributed by atoms with Gasteiger partial charge in [0.05, 0.1) is 17.4 Å². The first-order valence-corrected chi connectivity index (χ1v) is 5.27. The molecular weight excluding hydrogens is 235 g/mol. The molecule has 18 heavy (non-hydrogen) atoms. The quantitative estimate of drug-likeness (QED) is 0.883. The predicted molar refractivity (Wildman–Crippen MR) is 65.0 cm³/mol. The van der Waals surface area contributed by atoms with Crippen molar-refractivity contribution in [3.05, 3.63) is 54.1 Å². The van der Waals surface area contributed by atoms with Gasteiger partial charge in [-0.3, -0.25) is 9.78 Å². The second kappa shape index (κ2) is 4.83. The van der Waals surface area contributed by atoms with Crippen LogP contribution in [0.5, 0.6) is 5.75 Å². The molecule has 1 aromatic carbocycles. The Morgan fingerprint density at radius 1 is 1.33 bits per heavy atom. The van der Waals surface area contributed by atoms with E-state index >= 15 is 0 Å². The van der Waals surface area contributed by atoms with Crippen LogP contribution in [0, 0.1) is 5.82 Å². The molecule has 2 aromatic rings.